The summed E-state index contributed by atoms with van der Waals surface area (Å²) in [5.74, 6) is 2.11. The molecule has 106 valence electrons. The molecule has 0 radical (unpaired) electrons. The second-order valence-corrected chi connectivity index (χ2v) is 6.41. The number of anilines is 1. The van der Waals surface area contributed by atoms with Crippen LogP contribution in [-0.4, -0.2) is 30.1 Å². The zero-order valence-electron chi connectivity index (χ0n) is 11.7. The third-order valence-electron chi connectivity index (χ3n) is 3.73. The minimum atomic E-state index is -0.166. The Hall–Kier alpha value is -0.740. The smallest absolute Gasteiger partial charge is 0.123 e. The zero-order chi connectivity index (χ0) is 13.8. The van der Waals surface area contributed by atoms with E-state index in [2.05, 4.69) is 18.7 Å². The van der Waals surface area contributed by atoms with E-state index in [-0.39, 0.29) is 11.9 Å². The summed E-state index contributed by atoms with van der Waals surface area (Å²) in [6, 6.07) is 5.74. The van der Waals surface area contributed by atoms with Crippen LogP contribution in [0.3, 0.4) is 0 Å². The van der Waals surface area contributed by atoms with E-state index in [1.807, 2.05) is 17.8 Å². The number of benzene rings is 1. The second kappa shape index (κ2) is 6.62. The van der Waals surface area contributed by atoms with Crippen molar-refractivity contribution < 1.29 is 4.39 Å². The number of hydrogen-bond donors (Lipinski definition) is 1. The number of nitrogens with two attached hydrogens (primary N) is 1. The van der Waals surface area contributed by atoms with Crippen LogP contribution in [0.4, 0.5) is 10.1 Å². The number of nitrogens with zero attached hydrogens (tertiary/aromatic N) is 1. The topological polar surface area (TPSA) is 29.3 Å². The van der Waals surface area contributed by atoms with E-state index in [0.29, 0.717) is 6.04 Å². The molecule has 1 aliphatic heterocycles. The Morgan fingerprint density at radius 3 is 3.00 bits per heavy atom. The van der Waals surface area contributed by atoms with Gasteiger partial charge in [0, 0.05) is 35.8 Å². The summed E-state index contributed by atoms with van der Waals surface area (Å²) in [5, 5.41) is 0. The van der Waals surface area contributed by atoms with E-state index in [1.165, 1.54) is 0 Å². The molecule has 1 aliphatic rings. The van der Waals surface area contributed by atoms with Gasteiger partial charge in [0.15, 0.2) is 0 Å². The lowest BCUT2D eigenvalue weighted by atomic mass is 10.0. The van der Waals surface area contributed by atoms with Crippen LogP contribution in [-0.2, 0) is 6.42 Å². The van der Waals surface area contributed by atoms with E-state index in [0.717, 1.165) is 42.1 Å². The fraction of sp³-hybridized carbons (Fsp3) is 0.600. The normalized spacial score (nSPS) is 21.5. The Kier molecular flexibility index (Phi) is 5.11. The lowest BCUT2D eigenvalue weighted by Crippen LogP contribution is -2.41. The van der Waals surface area contributed by atoms with Gasteiger partial charge in [-0.1, -0.05) is 6.92 Å². The van der Waals surface area contributed by atoms with E-state index >= 15 is 0 Å². The lowest BCUT2D eigenvalue weighted by molar-refractivity contribution is 0.609. The number of rotatable bonds is 4. The van der Waals surface area contributed by atoms with Crippen molar-refractivity contribution in [3.05, 3.63) is 29.6 Å². The molecule has 2 nitrogen and oxygen atoms in total. The summed E-state index contributed by atoms with van der Waals surface area (Å²) in [4.78, 5) is 2.40. The molecule has 1 aromatic rings. The van der Waals surface area contributed by atoms with Crippen LogP contribution in [0.2, 0.25) is 0 Å². The van der Waals surface area contributed by atoms with Crippen molar-refractivity contribution in [3.63, 3.8) is 0 Å². The minimum Gasteiger partial charge on any atom is -0.367 e. The van der Waals surface area contributed by atoms with Crippen molar-refractivity contribution in [3.8, 4) is 0 Å². The molecule has 0 bridgehead atoms. The highest BCUT2D eigenvalue weighted by Crippen LogP contribution is 2.28. The summed E-state index contributed by atoms with van der Waals surface area (Å²) >= 11 is 1.99. The van der Waals surface area contributed by atoms with Gasteiger partial charge in [-0.2, -0.15) is 11.8 Å². The third-order valence-corrected chi connectivity index (χ3v) is 4.91. The Labute approximate surface area is 119 Å². The fourth-order valence-corrected chi connectivity index (χ4v) is 3.52. The highest BCUT2D eigenvalue weighted by Gasteiger charge is 2.21. The molecule has 0 saturated carbocycles. The molecule has 1 fully saturated rings. The molecule has 2 unspecified atom stereocenters. The fourth-order valence-electron chi connectivity index (χ4n) is 2.51. The first-order chi connectivity index (χ1) is 9.11. The van der Waals surface area contributed by atoms with Gasteiger partial charge in [0.05, 0.1) is 0 Å². The zero-order valence-corrected chi connectivity index (χ0v) is 12.5. The first-order valence-electron chi connectivity index (χ1n) is 7.00. The summed E-state index contributed by atoms with van der Waals surface area (Å²) in [6.07, 6.45) is 1.67. The maximum atomic E-state index is 13.5. The monoisotopic (exact) mass is 282 g/mol. The van der Waals surface area contributed by atoms with Gasteiger partial charge in [0.1, 0.15) is 5.82 Å². The second-order valence-electron chi connectivity index (χ2n) is 5.26. The highest BCUT2D eigenvalue weighted by atomic mass is 32.2. The van der Waals surface area contributed by atoms with Gasteiger partial charge in [-0.15, -0.1) is 0 Å². The molecule has 0 amide bonds. The lowest BCUT2D eigenvalue weighted by Gasteiger charge is -2.36. The van der Waals surface area contributed by atoms with Gasteiger partial charge in [0.2, 0.25) is 0 Å². The molecule has 1 saturated heterocycles. The number of halogens is 1. The van der Waals surface area contributed by atoms with E-state index in [1.54, 1.807) is 12.1 Å². The molecule has 2 rings (SSSR count). The largest absolute Gasteiger partial charge is 0.367 e. The quantitative estimate of drug-likeness (QED) is 0.920. The standard InChI is InChI=1S/C15H23FN2S/c1-3-14(17)9-12-8-13(16)4-5-15(12)18-6-7-19-10-11(18)2/h4-5,8,11,14H,3,6-7,9-10,17H2,1-2H3. The highest BCUT2D eigenvalue weighted by molar-refractivity contribution is 7.99. The Morgan fingerprint density at radius 2 is 2.32 bits per heavy atom. The van der Waals surface area contributed by atoms with Crippen LogP contribution in [0.1, 0.15) is 25.8 Å². The van der Waals surface area contributed by atoms with Crippen molar-refractivity contribution in [2.24, 2.45) is 5.73 Å². The molecular weight excluding hydrogens is 259 g/mol. The van der Waals surface area contributed by atoms with Gasteiger partial charge in [-0.3, -0.25) is 0 Å². The molecule has 2 N–H and O–H groups in total. The summed E-state index contributed by atoms with van der Waals surface area (Å²) in [5.41, 5.74) is 8.26. The van der Waals surface area contributed by atoms with Crippen LogP contribution < -0.4 is 10.6 Å². The molecule has 2 atom stereocenters. The Balaban J connectivity index is 2.27. The molecular formula is C15H23FN2S. The van der Waals surface area contributed by atoms with Gasteiger partial charge in [0.25, 0.3) is 0 Å². The average Bonchev–Trinajstić information content (AvgIpc) is 2.40. The van der Waals surface area contributed by atoms with Gasteiger partial charge >= 0.3 is 0 Å². The van der Waals surface area contributed by atoms with Crippen molar-refractivity contribution in [1.82, 2.24) is 0 Å². The van der Waals surface area contributed by atoms with Crippen molar-refractivity contribution in [1.29, 1.82) is 0 Å². The molecule has 0 aromatic heterocycles. The van der Waals surface area contributed by atoms with Gasteiger partial charge in [-0.25, -0.2) is 4.39 Å². The van der Waals surface area contributed by atoms with Crippen LogP contribution in [0.5, 0.6) is 0 Å². The first kappa shape index (κ1) is 14.7. The Morgan fingerprint density at radius 1 is 1.53 bits per heavy atom. The van der Waals surface area contributed by atoms with Crippen LogP contribution in [0, 0.1) is 5.82 Å². The predicted molar refractivity (Wildman–Crippen MR) is 82.5 cm³/mol. The first-order valence-corrected chi connectivity index (χ1v) is 8.15. The SMILES string of the molecule is CCC(N)Cc1cc(F)ccc1N1CCSCC1C. The van der Waals surface area contributed by atoms with Crippen molar-refractivity contribution in [2.75, 3.05) is 23.0 Å². The average molecular weight is 282 g/mol. The molecule has 0 spiro atoms. The molecule has 1 heterocycles. The summed E-state index contributed by atoms with van der Waals surface area (Å²) in [7, 11) is 0. The predicted octanol–water partition coefficient (Wildman–Crippen LogP) is 3.05. The maximum Gasteiger partial charge on any atom is 0.123 e. The van der Waals surface area contributed by atoms with Gasteiger partial charge < -0.3 is 10.6 Å². The van der Waals surface area contributed by atoms with E-state index in [4.69, 9.17) is 5.73 Å². The number of hydrogen-bond acceptors (Lipinski definition) is 3. The summed E-state index contributed by atoms with van der Waals surface area (Å²) < 4.78 is 13.5. The van der Waals surface area contributed by atoms with Crippen LogP contribution in [0.15, 0.2) is 18.2 Å². The van der Waals surface area contributed by atoms with Crippen molar-refractivity contribution >= 4 is 17.4 Å². The summed E-state index contributed by atoms with van der Waals surface area (Å²) in [6.45, 7) is 5.34. The van der Waals surface area contributed by atoms with Crippen LogP contribution in [0.25, 0.3) is 0 Å². The molecule has 19 heavy (non-hydrogen) atoms. The Bertz CT molecular complexity index is 425. The molecule has 1 aromatic carbocycles. The number of thioether (sulfide) groups is 1. The minimum absolute atomic E-state index is 0.107. The van der Waals surface area contributed by atoms with Crippen molar-refractivity contribution in [2.45, 2.75) is 38.8 Å². The van der Waals surface area contributed by atoms with Gasteiger partial charge in [-0.05, 0) is 43.5 Å². The van der Waals surface area contributed by atoms with E-state index in [9.17, 15) is 4.39 Å². The third kappa shape index (κ3) is 3.63. The molecule has 4 heteroatoms. The van der Waals surface area contributed by atoms with E-state index < -0.39 is 0 Å². The molecule has 0 aliphatic carbocycles. The van der Waals surface area contributed by atoms with Crippen LogP contribution >= 0.6 is 11.8 Å². The maximum absolute atomic E-state index is 13.5.